The molecule has 7 heteroatoms. The first-order valence-electron chi connectivity index (χ1n) is 8.85. The third kappa shape index (κ3) is 4.36. The minimum absolute atomic E-state index is 0.113. The first kappa shape index (κ1) is 17.4. The second kappa shape index (κ2) is 8.11. The maximum absolute atomic E-state index is 13.1. The third-order valence-corrected chi connectivity index (χ3v) is 4.51. The number of aryl methyl sites for hydroxylation is 1. The molecule has 1 atom stereocenters. The first-order valence-corrected chi connectivity index (χ1v) is 8.85. The minimum Gasteiger partial charge on any atom is -0.456 e. The first-order chi connectivity index (χ1) is 12.2. The number of hydrogen-bond donors (Lipinski definition) is 2. The van der Waals surface area contributed by atoms with Gasteiger partial charge in [0.2, 0.25) is 0 Å². The van der Waals surface area contributed by atoms with Crippen molar-refractivity contribution < 1.29 is 9.21 Å². The summed E-state index contributed by atoms with van der Waals surface area (Å²) in [7, 11) is 0. The van der Waals surface area contributed by atoms with Gasteiger partial charge in [0.05, 0.1) is 6.54 Å². The van der Waals surface area contributed by atoms with Gasteiger partial charge in [0.25, 0.3) is 5.91 Å². The van der Waals surface area contributed by atoms with Gasteiger partial charge < -0.3 is 20.4 Å². The monoisotopic (exact) mass is 343 g/mol. The number of carbonyl (C=O) groups is 1. The van der Waals surface area contributed by atoms with Gasteiger partial charge >= 0.3 is 0 Å². The SMILES string of the molecule is CCc1ccc(C(=O)N(Cc2nccc(N)n2)C2CCCNCC2)o1. The number of carbonyl (C=O) groups excluding carboxylic acids is 1. The highest BCUT2D eigenvalue weighted by Crippen LogP contribution is 2.20. The number of rotatable bonds is 5. The number of aromatic nitrogens is 2. The van der Waals surface area contributed by atoms with Crippen molar-refractivity contribution in [1.29, 1.82) is 0 Å². The smallest absolute Gasteiger partial charge is 0.290 e. The number of nitrogens with two attached hydrogens (primary N) is 1. The zero-order chi connectivity index (χ0) is 17.6. The van der Waals surface area contributed by atoms with Gasteiger partial charge in [0.15, 0.2) is 5.76 Å². The summed E-state index contributed by atoms with van der Waals surface area (Å²) < 4.78 is 5.69. The highest BCUT2D eigenvalue weighted by atomic mass is 16.4. The fraction of sp³-hybridized carbons (Fsp3) is 0.500. The predicted molar refractivity (Wildman–Crippen MR) is 94.9 cm³/mol. The van der Waals surface area contributed by atoms with Crippen molar-refractivity contribution in [2.45, 2.75) is 45.2 Å². The summed E-state index contributed by atoms with van der Waals surface area (Å²) in [5.41, 5.74) is 5.76. The zero-order valence-corrected chi connectivity index (χ0v) is 14.6. The Bertz CT molecular complexity index is 707. The fourth-order valence-electron chi connectivity index (χ4n) is 3.15. The number of nitrogens with zero attached hydrogens (tertiary/aromatic N) is 3. The summed E-state index contributed by atoms with van der Waals surface area (Å²) in [6, 6.07) is 5.38. The summed E-state index contributed by atoms with van der Waals surface area (Å²) in [5.74, 6) is 2.03. The Balaban J connectivity index is 1.85. The molecule has 7 nitrogen and oxygen atoms in total. The van der Waals surface area contributed by atoms with Crippen LogP contribution in [0.5, 0.6) is 0 Å². The molecule has 2 aromatic rings. The Morgan fingerprint density at radius 3 is 3.00 bits per heavy atom. The molecular weight excluding hydrogens is 318 g/mol. The number of hydrogen-bond acceptors (Lipinski definition) is 6. The summed E-state index contributed by atoms with van der Waals surface area (Å²) >= 11 is 0. The van der Waals surface area contributed by atoms with Crippen LogP contribution in [0, 0.1) is 0 Å². The van der Waals surface area contributed by atoms with Crippen molar-refractivity contribution in [3.63, 3.8) is 0 Å². The summed E-state index contributed by atoms with van der Waals surface area (Å²) in [6.45, 7) is 4.21. The maximum atomic E-state index is 13.1. The molecule has 1 unspecified atom stereocenters. The van der Waals surface area contributed by atoms with Gasteiger partial charge in [-0.3, -0.25) is 4.79 Å². The molecule has 1 aliphatic heterocycles. The molecule has 0 saturated carbocycles. The maximum Gasteiger partial charge on any atom is 0.290 e. The molecule has 0 aliphatic carbocycles. The number of nitrogens with one attached hydrogen (secondary N) is 1. The second-order valence-corrected chi connectivity index (χ2v) is 6.29. The highest BCUT2D eigenvalue weighted by Gasteiger charge is 2.28. The van der Waals surface area contributed by atoms with Gasteiger partial charge in [-0.15, -0.1) is 0 Å². The van der Waals surface area contributed by atoms with E-state index in [0.29, 0.717) is 23.9 Å². The van der Waals surface area contributed by atoms with Gasteiger partial charge in [0.1, 0.15) is 17.4 Å². The Kier molecular flexibility index (Phi) is 5.65. The minimum atomic E-state index is -0.113. The molecule has 0 spiro atoms. The molecule has 1 aliphatic rings. The molecule has 1 fully saturated rings. The standard InChI is InChI=1S/C18H25N5O2/c1-2-14-5-6-15(25-14)18(24)23(13-4-3-9-20-10-7-13)12-17-21-11-8-16(19)22-17/h5-6,8,11,13,20H,2-4,7,9-10,12H2,1H3,(H2,19,21,22). The van der Waals surface area contributed by atoms with Gasteiger partial charge in [-0.25, -0.2) is 9.97 Å². The highest BCUT2D eigenvalue weighted by molar-refractivity contribution is 5.91. The van der Waals surface area contributed by atoms with Gasteiger partial charge in [-0.2, -0.15) is 0 Å². The van der Waals surface area contributed by atoms with Crippen LogP contribution in [0.15, 0.2) is 28.8 Å². The lowest BCUT2D eigenvalue weighted by atomic mass is 10.1. The van der Waals surface area contributed by atoms with Crippen LogP contribution in [0.4, 0.5) is 5.82 Å². The van der Waals surface area contributed by atoms with Crippen molar-refractivity contribution in [3.8, 4) is 0 Å². The lowest BCUT2D eigenvalue weighted by Gasteiger charge is -2.30. The van der Waals surface area contributed by atoms with Crippen LogP contribution < -0.4 is 11.1 Å². The van der Waals surface area contributed by atoms with Crippen molar-refractivity contribution in [1.82, 2.24) is 20.2 Å². The molecule has 3 N–H and O–H groups in total. The Hall–Kier alpha value is -2.41. The van der Waals surface area contributed by atoms with E-state index >= 15 is 0 Å². The zero-order valence-electron chi connectivity index (χ0n) is 14.6. The van der Waals surface area contributed by atoms with Crippen LogP contribution in [0.25, 0.3) is 0 Å². The number of amides is 1. The van der Waals surface area contributed by atoms with E-state index in [2.05, 4.69) is 15.3 Å². The van der Waals surface area contributed by atoms with E-state index in [1.54, 1.807) is 18.3 Å². The van der Waals surface area contributed by atoms with E-state index in [1.165, 1.54) is 0 Å². The Morgan fingerprint density at radius 1 is 1.36 bits per heavy atom. The number of anilines is 1. The molecule has 3 heterocycles. The van der Waals surface area contributed by atoms with Gasteiger partial charge in [-0.05, 0) is 50.6 Å². The molecule has 1 amide bonds. The molecule has 1 saturated heterocycles. The van der Waals surface area contributed by atoms with E-state index in [-0.39, 0.29) is 11.9 Å². The van der Waals surface area contributed by atoms with E-state index < -0.39 is 0 Å². The number of furan rings is 1. The molecule has 0 radical (unpaired) electrons. The summed E-state index contributed by atoms with van der Waals surface area (Å²) in [6.07, 6.45) is 5.26. The van der Waals surface area contributed by atoms with Crippen molar-refractivity contribution >= 4 is 11.7 Å². The topological polar surface area (TPSA) is 97.3 Å². The van der Waals surface area contributed by atoms with Gasteiger partial charge in [0, 0.05) is 18.7 Å². The largest absolute Gasteiger partial charge is 0.456 e. The number of nitrogen functional groups attached to an aromatic ring is 1. The van der Waals surface area contributed by atoms with Crippen LogP contribution in [-0.2, 0) is 13.0 Å². The fourth-order valence-corrected chi connectivity index (χ4v) is 3.15. The average molecular weight is 343 g/mol. The Morgan fingerprint density at radius 2 is 2.24 bits per heavy atom. The normalized spacial score (nSPS) is 17.9. The van der Waals surface area contributed by atoms with E-state index in [0.717, 1.165) is 44.5 Å². The molecule has 25 heavy (non-hydrogen) atoms. The van der Waals surface area contributed by atoms with E-state index in [4.69, 9.17) is 10.2 Å². The quantitative estimate of drug-likeness (QED) is 0.862. The lowest BCUT2D eigenvalue weighted by molar-refractivity contribution is 0.0604. The average Bonchev–Trinajstić information content (AvgIpc) is 2.94. The summed E-state index contributed by atoms with van der Waals surface area (Å²) in [5, 5.41) is 3.38. The second-order valence-electron chi connectivity index (χ2n) is 6.29. The van der Waals surface area contributed by atoms with Crippen LogP contribution in [-0.4, -0.2) is 39.9 Å². The van der Waals surface area contributed by atoms with Gasteiger partial charge in [-0.1, -0.05) is 6.92 Å². The molecular formula is C18H25N5O2. The molecule has 134 valence electrons. The molecule has 3 rings (SSSR count). The molecule has 0 aromatic carbocycles. The van der Waals surface area contributed by atoms with Crippen LogP contribution in [0.3, 0.4) is 0 Å². The van der Waals surface area contributed by atoms with Crippen molar-refractivity contribution in [2.75, 3.05) is 18.8 Å². The molecule has 2 aromatic heterocycles. The predicted octanol–water partition coefficient (Wildman–Crippen LogP) is 2.00. The van der Waals surface area contributed by atoms with Crippen molar-refractivity contribution in [3.05, 3.63) is 41.7 Å². The van der Waals surface area contributed by atoms with Crippen LogP contribution >= 0.6 is 0 Å². The van der Waals surface area contributed by atoms with E-state index in [1.807, 2.05) is 17.9 Å². The third-order valence-electron chi connectivity index (χ3n) is 4.51. The molecule has 0 bridgehead atoms. The van der Waals surface area contributed by atoms with Crippen LogP contribution in [0.2, 0.25) is 0 Å². The Labute approximate surface area is 147 Å². The lowest BCUT2D eigenvalue weighted by Crippen LogP contribution is -2.40. The van der Waals surface area contributed by atoms with Crippen molar-refractivity contribution in [2.24, 2.45) is 0 Å². The van der Waals surface area contributed by atoms with E-state index in [9.17, 15) is 4.79 Å². The van der Waals surface area contributed by atoms with Crippen LogP contribution in [0.1, 0.15) is 48.3 Å². The summed E-state index contributed by atoms with van der Waals surface area (Å²) in [4.78, 5) is 23.5.